The molecule has 0 radical (unpaired) electrons. The van der Waals surface area contributed by atoms with Crippen molar-refractivity contribution in [2.75, 3.05) is 0 Å². The van der Waals surface area contributed by atoms with Gasteiger partial charge in [-0.2, -0.15) is 13.2 Å². The Balaban J connectivity index is 2.25. The summed E-state index contributed by atoms with van der Waals surface area (Å²) in [6, 6.07) is 1.57. The summed E-state index contributed by atoms with van der Waals surface area (Å²) in [7, 11) is 0. The van der Waals surface area contributed by atoms with Gasteiger partial charge in [0.2, 0.25) is 0 Å². The zero-order valence-electron chi connectivity index (χ0n) is 9.31. The van der Waals surface area contributed by atoms with Gasteiger partial charge in [0.15, 0.2) is 0 Å². The highest BCUT2D eigenvalue weighted by molar-refractivity contribution is 6.06. The number of aromatic nitrogens is 1. The van der Waals surface area contributed by atoms with E-state index >= 15 is 0 Å². The molecule has 2 rings (SSSR count). The van der Waals surface area contributed by atoms with E-state index in [9.17, 15) is 27.9 Å². The molecule has 19 heavy (non-hydrogen) atoms. The Bertz CT molecular complexity index is 520. The number of aliphatic hydroxyl groups is 1. The maximum absolute atomic E-state index is 12.6. The van der Waals surface area contributed by atoms with E-state index in [1.807, 2.05) is 0 Å². The van der Waals surface area contributed by atoms with Gasteiger partial charge in [0.05, 0.1) is 6.54 Å². The number of alkyl halides is 3. The normalized spacial score (nSPS) is 23.7. The van der Waals surface area contributed by atoms with E-state index in [1.165, 1.54) is 29.8 Å². The molecule has 102 valence electrons. The average molecular weight is 275 g/mol. The minimum atomic E-state index is -5.28. The molecular weight excluding hydrogens is 267 g/mol. The van der Waals surface area contributed by atoms with E-state index in [2.05, 4.69) is 4.98 Å². The van der Waals surface area contributed by atoms with Crippen LogP contribution in [-0.4, -0.2) is 38.8 Å². The van der Waals surface area contributed by atoms with Gasteiger partial charge >= 0.3 is 17.9 Å². The summed E-state index contributed by atoms with van der Waals surface area (Å²) in [6.45, 7) is -0.383. The monoisotopic (exact) mass is 275 g/mol. The number of rotatable bonds is 2. The van der Waals surface area contributed by atoms with Crippen molar-refractivity contribution in [1.82, 2.24) is 15.2 Å². The second-order valence-corrected chi connectivity index (χ2v) is 3.89. The number of nitrogens with one attached hydrogen (secondary N) is 1. The SMILES string of the molecule is O=C1NC(O)(C(F)(F)F)C(=O)N1Cc1ccncc1. The lowest BCUT2D eigenvalue weighted by Crippen LogP contribution is -2.58. The summed E-state index contributed by atoms with van der Waals surface area (Å²) in [5, 5.41) is 10.5. The Morgan fingerprint density at radius 2 is 1.89 bits per heavy atom. The first-order valence-corrected chi connectivity index (χ1v) is 5.08. The fraction of sp³-hybridized carbons (Fsp3) is 0.300. The first-order chi connectivity index (χ1) is 8.75. The lowest BCUT2D eigenvalue weighted by atomic mass is 10.2. The maximum Gasteiger partial charge on any atom is 0.446 e. The molecule has 2 N–H and O–H groups in total. The van der Waals surface area contributed by atoms with Crippen molar-refractivity contribution in [3.8, 4) is 0 Å². The minimum absolute atomic E-state index is 0.294. The average Bonchev–Trinajstić information content (AvgIpc) is 2.55. The van der Waals surface area contributed by atoms with Crippen molar-refractivity contribution in [3.05, 3.63) is 30.1 Å². The van der Waals surface area contributed by atoms with Crippen LogP contribution in [0.3, 0.4) is 0 Å². The molecule has 1 fully saturated rings. The van der Waals surface area contributed by atoms with Crippen molar-refractivity contribution < 1.29 is 27.9 Å². The minimum Gasteiger partial charge on any atom is -0.356 e. The molecule has 0 spiro atoms. The number of carbonyl (C=O) groups excluding carboxylic acids is 2. The molecule has 9 heteroatoms. The molecule has 1 aromatic rings. The smallest absolute Gasteiger partial charge is 0.356 e. The first-order valence-electron chi connectivity index (χ1n) is 5.08. The Morgan fingerprint density at radius 1 is 1.32 bits per heavy atom. The number of halogens is 3. The number of amides is 3. The van der Waals surface area contributed by atoms with E-state index in [1.54, 1.807) is 0 Å². The third-order valence-corrected chi connectivity index (χ3v) is 2.59. The third kappa shape index (κ3) is 2.12. The Hall–Kier alpha value is -2.16. The van der Waals surface area contributed by atoms with Crippen LogP contribution in [0.15, 0.2) is 24.5 Å². The molecule has 1 aliphatic rings. The van der Waals surface area contributed by atoms with Crippen LogP contribution in [-0.2, 0) is 11.3 Å². The molecule has 1 unspecified atom stereocenters. The Labute approximate surface area is 104 Å². The summed E-state index contributed by atoms with van der Waals surface area (Å²) in [5.41, 5.74) is -3.46. The molecular formula is C10H8F3N3O3. The zero-order valence-corrected chi connectivity index (χ0v) is 9.31. The second kappa shape index (κ2) is 4.19. The van der Waals surface area contributed by atoms with Gasteiger partial charge in [-0.3, -0.25) is 20.0 Å². The van der Waals surface area contributed by atoms with Gasteiger partial charge in [0.1, 0.15) is 0 Å². The van der Waals surface area contributed by atoms with E-state index in [-0.39, 0.29) is 6.54 Å². The molecule has 6 nitrogen and oxygen atoms in total. The van der Waals surface area contributed by atoms with Crippen LogP contribution in [0.2, 0.25) is 0 Å². The number of hydrogen-bond acceptors (Lipinski definition) is 4. The number of urea groups is 1. The maximum atomic E-state index is 12.6. The van der Waals surface area contributed by atoms with Crippen molar-refractivity contribution in [2.24, 2.45) is 0 Å². The van der Waals surface area contributed by atoms with Gasteiger partial charge in [0, 0.05) is 12.4 Å². The van der Waals surface area contributed by atoms with Crippen LogP contribution in [0.1, 0.15) is 5.56 Å². The summed E-state index contributed by atoms with van der Waals surface area (Å²) in [5.74, 6) is -1.75. The lowest BCUT2D eigenvalue weighted by Gasteiger charge is -2.22. The molecule has 0 aliphatic carbocycles. The van der Waals surface area contributed by atoms with E-state index in [4.69, 9.17) is 0 Å². The van der Waals surface area contributed by atoms with E-state index in [0.717, 1.165) is 0 Å². The number of imide groups is 1. The molecule has 0 aromatic carbocycles. The van der Waals surface area contributed by atoms with Gasteiger partial charge in [-0.25, -0.2) is 4.79 Å². The van der Waals surface area contributed by atoms with Gasteiger partial charge in [0.25, 0.3) is 5.91 Å². The van der Waals surface area contributed by atoms with Crippen LogP contribution in [0, 0.1) is 0 Å². The predicted molar refractivity (Wildman–Crippen MR) is 54.3 cm³/mol. The first kappa shape index (κ1) is 13.3. The highest BCUT2D eigenvalue weighted by Crippen LogP contribution is 2.33. The second-order valence-electron chi connectivity index (χ2n) is 3.89. The fourth-order valence-electron chi connectivity index (χ4n) is 1.57. The van der Waals surface area contributed by atoms with Gasteiger partial charge < -0.3 is 5.11 Å². The summed E-state index contributed by atoms with van der Waals surface area (Å²) >= 11 is 0. The molecule has 1 atom stereocenters. The molecule has 0 bridgehead atoms. The standard InChI is InChI=1S/C10H8F3N3O3/c11-10(12,13)9(19)7(17)16(8(18)15-9)5-6-1-3-14-4-2-6/h1-4,19H,5H2,(H,15,18). The van der Waals surface area contributed by atoms with Crippen LogP contribution >= 0.6 is 0 Å². The Kier molecular flexibility index (Phi) is 2.93. The third-order valence-electron chi connectivity index (χ3n) is 2.59. The Morgan fingerprint density at radius 3 is 2.37 bits per heavy atom. The lowest BCUT2D eigenvalue weighted by molar-refractivity contribution is -0.255. The number of pyridine rings is 1. The van der Waals surface area contributed by atoms with Crippen molar-refractivity contribution >= 4 is 11.9 Å². The molecule has 0 saturated carbocycles. The fourth-order valence-corrected chi connectivity index (χ4v) is 1.57. The molecule has 2 heterocycles. The van der Waals surface area contributed by atoms with Crippen molar-refractivity contribution in [1.29, 1.82) is 0 Å². The van der Waals surface area contributed by atoms with Crippen molar-refractivity contribution in [3.63, 3.8) is 0 Å². The van der Waals surface area contributed by atoms with Gasteiger partial charge in [-0.1, -0.05) is 0 Å². The van der Waals surface area contributed by atoms with Crippen LogP contribution in [0.5, 0.6) is 0 Å². The van der Waals surface area contributed by atoms with E-state index < -0.39 is 23.8 Å². The molecule has 1 aliphatic heterocycles. The molecule has 1 saturated heterocycles. The van der Waals surface area contributed by atoms with Gasteiger partial charge in [-0.05, 0) is 17.7 Å². The topological polar surface area (TPSA) is 82.5 Å². The van der Waals surface area contributed by atoms with Crippen LogP contribution in [0.25, 0.3) is 0 Å². The highest BCUT2D eigenvalue weighted by Gasteiger charge is 2.67. The highest BCUT2D eigenvalue weighted by atomic mass is 19.4. The van der Waals surface area contributed by atoms with Gasteiger partial charge in [-0.15, -0.1) is 0 Å². The summed E-state index contributed by atoms with van der Waals surface area (Å²) in [6.07, 6.45) is -2.56. The number of nitrogens with zero attached hydrogens (tertiary/aromatic N) is 2. The van der Waals surface area contributed by atoms with Crippen LogP contribution in [0.4, 0.5) is 18.0 Å². The van der Waals surface area contributed by atoms with E-state index in [0.29, 0.717) is 10.5 Å². The predicted octanol–water partition coefficient (Wildman–Crippen LogP) is 0.384. The van der Waals surface area contributed by atoms with Crippen molar-refractivity contribution in [2.45, 2.75) is 18.4 Å². The van der Waals surface area contributed by atoms with Crippen LogP contribution < -0.4 is 5.32 Å². The molecule has 3 amide bonds. The molecule has 1 aromatic heterocycles. The quantitative estimate of drug-likeness (QED) is 0.765. The largest absolute Gasteiger partial charge is 0.446 e. The summed E-state index contributed by atoms with van der Waals surface area (Å²) in [4.78, 5) is 26.9. The number of hydrogen-bond donors (Lipinski definition) is 2. The number of carbonyl (C=O) groups is 2. The summed E-state index contributed by atoms with van der Waals surface area (Å²) < 4.78 is 37.7. The zero-order chi connectivity index (χ0) is 14.3.